The maximum absolute atomic E-state index is 13.0. The lowest BCUT2D eigenvalue weighted by atomic mass is 10.2. The van der Waals surface area contributed by atoms with Gasteiger partial charge in [-0.05, 0) is 29.8 Å². The maximum Gasteiger partial charge on any atom is 0.201 e. The zero-order valence-electron chi connectivity index (χ0n) is 9.68. The van der Waals surface area contributed by atoms with Gasteiger partial charge in [-0.2, -0.15) is 0 Å². The third-order valence-electron chi connectivity index (χ3n) is 2.46. The van der Waals surface area contributed by atoms with Gasteiger partial charge in [0.05, 0.1) is 11.4 Å². The normalized spacial score (nSPS) is 11.5. The van der Waals surface area contributed by atoms with Gasteiger partial charge in [-0.1, -0.05) is 22.0 Å². The molecule has 0 radical (unpaired) electrons. The van der Waals surface area contributed by atoms with Gasteiger partial charge in [0.2, 0.25) is 9.84 Å². The lowest BCUT2D eigenvalue weighted by Gasteiger charge is -2.07. The van der Waals surface area contributed by atoms with E-state index in [0.29, 0.717) is 10.0 Å². The number of hydrogen-bond donors (Lipinski definition) is 1. The van der Waals surface area contributed by atoms with Gasteiger partial charge in [-0.25, -0.2) is 17.8 Å². The van der Waals surface area contributed by atoms with E-state index >= 15 is 0 Å². The van der Waals surface area contributed by atoms with Gasteiger partial charge in [0.25, 0.3) is 0 Å². The third-order valence-corrected chi connectivity index (χ3v) is 4.82. The Balaban J connectivity index is 2.40. The van der Waals surface area contributed by atoms with Crippen molar-refractivity contribution in [3.8, 4) is 0 Å². The Bertz CT molecular complexity index is 719. The van der Waals surface area contributed by atoms with Crippen LogP contribution < -0.4 is 5.73 Å². The van der Waals surface area contributed by atoms with Crippen molar-refractivity contribution >= 4 is 31.5 Å². The Morgan fingerprint density at radius 3 is 2.68 bits per heavy atom. The van der Waals surface area contributed by atoms with Crippen LogP contribution in [0.4, 0.5) is 10.1 Å². The quantitative estimate of drug-likeness (QED) is 0.928. The van der Waals surface area contributed by atoms with Gasteiger partial charge >= 0.3 is 0 Å². The van der Waals surface area contributed by atoms with E-state index in [4.69, 9.17) is 5.73 Å². The molecule has 0 aliphatic heterocycles. The highest BCUT2D eigenvalue weighted by Gasteiger charge is 2.21. The van der Waals surface area contributed by atoms with Crippen LogP contribution in [0.15, 0.2) is 46.0 Å². The summed E-state index contributed by atoms with van der Waals surface area (Å²) in [6.07, 6.45) is 1.36. The molecule has 0 aliphatic carbocycles. The molecule has 2 N–H and O–H groups in total. The molecule has 0 amide bonds. The minimum Gasteiger partial charge on any atom is -0.396 e. The Morgan fingerprint density at radius 2 is 2.05 bits per heavy atom. The summed E-state index contributed by atoms with van der Waals surface area (Å²) in [5, 5.41) is -0.161. The van der Waals surface area contributed by atoms with Crippen molar-refractivity contribution in [2.24, 2.45) is 0 Å². The first-order valence-electron chi connectivity index (χ1n) is 5.27. The summed E-state index contributed by atoms with van der Waals surface area (Å²) in [7, 11) is -3.67. The fraction of sp³-hybridized carbons (Fsp3) is 0.0833. The summed E-state index contributed by atoms with van der Waals surface area (Å²) in [6.45, 7) is 0. The summed E-state index contributed by atoms with van der Waals surface area (Å²) in [6, 6.07) is 6.86. The first kappa shape index (κ1) is 14.0. The fourth-order valence-corrected chi connectivity index (χ4v) is 3.70. The standard InChI is InChI=1S/C12H10BrFN2O2S/c13-10-6-9(14)4-3-8(10)7-19(17,18)12-11(15)2-1-5-16-12/h1-6H,7,15H2. The van der Waals surface area contributed by atoms with Crippen molar-refractivity contribution in [1.82, 2.24) is 4.98 Å². The lowest BCUT2D eigenvalue weighted by molar-refractivity contribution is 0.591. The molecule has 0 aliphatic rings. The summed E-state index contributed by atoms with van der Waals surface area (Å²) in [5.74, 6) is -0.736. The Morgan fingerprint density at radius 1 is 1.32 bits per heavy atom. The number of rotatable bonds is 3. The summed E-state index contributed by atoms with van der Waals surface area (Å²) >= 11 is 3.13. The Kier molecular flexibility index (Phi) is 3.86. The van der Waals surface area contributed by atoms with Crippen molar-refractivity contribution in [2.75, 3.05) is 5.73 Å². The maximum atomic E-state index is 13.0. The van der Waals surface area contributed by atoms with Crippen molar-refractivity contribution in [3.05, 3.63) is 52.4 Å². The van der Waals surface area contributed by atoms with Crippen molar-refractivity contribution in [2.45, 2.75) is 10.8 Å². The highest BCUT2D eigenvalue weighted by Crippen LogP contribution is 2.24. The molecule has 7 heteroatoms. The molecular formula is C12H10BrFN2O2S. The van der Waals surface area contributed by atoms with Crippen LogP contribution in [0, 0.1) is 5.82 Å². The van der Waals surface area contributed by atoms with Crippen LogP contribution >= 0.6 is 15.9 Å². The number of sulfone groups is 1. The van der Waals surface area contributed by atoms with E-state index in [-0.39, 0.29) is 16.5 Å². The predicted molar refractivity (Wildman–Crippen MR) is 73.6 cm³/mol. The van der Waals surface area contributed by atoms with Crippen molar-refractivity contribution in [1.29, 1.82) is 0 Å². The highest BCUT2D eigenvalue weighted by molar-refractivity contribution is 9.10. The second-order valence-corrected chi connectivity index (χ2v) is 6.65. The van der Waals surface area contributed by atoms with Crippen molar-refractivity contribution < 1.29 is 12.8 Å². The molecule has 0 spiro atoms. The molecule has 0 saturated carbocycles. The molecule has 1 heterocycles. The zero-order valence-corrected chi connectivity index (χ0v) is 12.1. The van der Waals surface area contributed by atoms with Gasteiger partial charge in [0, 0.05) is 10.7 Å². The molecule has 2 aromatic rings. The number of nitrogen functional groups attached to an aromatic ring is 1. The lowest BCUT2D eigenvalue weighted by Crippen LogP contribution is -2.10. The molecule has 0 unspecified atom stereocenters. The first-order chi connectivity index (χ1) is 8.90. The number of aromatic nitrogens is 1. The van der Waals surface area contributed by atoms with Crippen LogP contribution in [0.3, 0.4) is 0 Å². The van der Waals surface area contributed by atoms with E-state index in [2.05, 4.69) is 20.9 Å². The monoisotopic (exact) mass is 344 g/mol. The SMILES string of the molecule is Nc1cccnc1S(=O)(=O)Cc1ccc(F)cc1Br. The van der Waals surface area contributed by atoms with Crippen LogP contribution in [0.25, 0.3) is 0 Å². The molecule has 19 heavy (non-hydrogen) atoms. The minimum absolute atomic E-state index is 0.0979. The van der Waals surface area contributed by atoms with Crippen LogP contribution in [-0.2, 0) is 15.6 Å². The van der Waals surface area contributed by atoms with E-state index in [9.17, 15) is 12.8 Å². The number of anilines is 1. The van der Waals surface area contributed by atoms with E-state index < -0.39 is 15.7 Å². The van der Waals surface area contributed by atoms with Gasteiger partial charge in [-0.15, -0.1) is 0 Å². The number of pyridine rings is 1. The topological polar surface area (TPSA) is 73.0 Å². The van der Waals surface area contributed by atoms with Crippen LogP contribution in [0.1, 0.15) is 5.56 Å². The molecule has 0 saturated heterocycles. The number of benzene rings is 1. The molecular weight excluding hydrogens is 335 g/mol. The average Bonchev–Trinajstić information content (AvgIpc) is 2.33. The molecule has 0 bridgehead atoms. The molecule has 100 valence electrons. The Hall–Kier alpha value is -1.47. The molecule has 1 aromatic carbocycles. The highest BCUT2D eigenvalue weighted by atomic mass is 79.9. The Labute approximate surface area is 118 Å². The molecule has 0 atom stereocenters. The smallest absolute Gasteiger partial charge is 0.201 e. The molecule has 0 fully saturated rings. The summed E-state index contributed by atoms with van der Waals surface area (Å²) < 4.78 is 37.8. The molecule has 2 rings (SSSR count). The number of hydrogen-bond acceptors (Lipinski definition) is 4. The predicted octanol–water partition coefficient (Wildman–Crippen LogP) is 2.54. The van der Waals surface area contributed by atoms with E-state index in [1.54, 1.807) is 6.07 Å². The van der Waals surface area contributed by atoms with Crippen molar-refractivity contribution in [3.63, 3.8) is 0 Å². The van der Waals surface area contributed by atoms with Gasteiger partial charge in [0.1, 0.15) is 5.82 Å². The van der Waals surface area contributed by atoms with E-state index in [1.165, 1.54) is 30.5 Å². The van der Waals surface area contributed by atoms with Gasteiger partial charge < -0.3 is 5.73 Å². The second kappa shape index (κ2) is 5.26. The third kappa shape index (κ3) is 3.10. The first-order valence-corrected chi connectivity index (χ1v) is 7.72. The van der Waals surface area contributed by atoms with E-state index in [0.717, 1.165) is 0 Å². The van der Waals surface area contributed by atoms with Crippen LogP contribution in [0.2, 0.25) is 0 Å². The van der Waals surface area contributed by atoms with E-state index in [1.807, 2.05) is 0 Å². The fourth-order valence-electron chi connectivity index (χ4n) is 1.57. The second-order valence-electron chi connectivity index (χ2n) is 3.89. The van der Waals surface area contributed by atoms with Crippen LogP contribution in [0.5, 0.6) is 0 Å². The minimum atomic E-state index is -3.67. The van der Waals surface area contributed by atoms with Crippen LogP contribution in [-0.4, -0.2) is 13.4 Å². The van der Waals surface area contributed by atoms with Gasteiger partial charge in [0.15, 0.2) is 5.03 Å². The summed E-state index contributed by atoms with van der Waals surface area (Å²) in [5.41, 5.74) is 6.16. The summed E-state index contributed by atoms with van der Waals surface area (Å²) in [4.78, 5) is 3.79. The largest absolute Gasteiger partial charge is 0.396 e. The number of nitrogens with two attached hydrogens (primary N) is 1. The van der Waals surface area contributed by atoms with Gasteiger partial charge in [-0.3, -0.25) is 0 Å². The average molecular weight is 345 g/mol. The molecule has 1 aromatic heterocycles. The number of nitrogens with zero attached hydrogens (tertiary/aromatic N) is 1. The number of halogens is 2. The molecule has 4 nitrogen and oxygen atoms in total. The zero-order chi connectivity index (χ0) is 14.0.